The summed E-state index contributed by atoms with van der Waals surface area (Å²) in [6.07, 6.45) is -3.22. The van der Waals surface area contributed by atoms with Gasteiger partial charge in [-0.25, -0.2) is 9.59 Å². The number of thioether (sulfide) groups is 1. The Morgan fingerprint density at radius 3 is 2.43 bits per heavy atom. The highest BCUT2D eigenvalue weighted by Gasteiger charge is 2.44. The lowest BCUT2D eigenvalue weighted by Crippen LogP contribution is -2.53. The van der Waals surface area contributed by atoms with Gasteiger partial charge in [0.05, 0.1) is 5.37 Å². The molecule has 21 heavy (non-hydrogen) atoms. The summed E-state index contributed by atoms with van der Waals surface area (Å²) in [5.74, 6) is -0.979. The van der Waals surface area contributed by atoms with Crippen LogP contribution in [0.2, 0.25) is 0 Å². The topological polar surface area (TPSA) is 60.9 Å². The minimum atomic E-state index is -4.50. The number of carbonyl (C=O) groups excluding carboxylic acids is 1. The quantitative estimate of drug-likeness (QED) is 0.843. The van der Waals surface area contributed by atoms with Gasteiger partial charge < -0.3 is 10.0 Å². The van der Waals surface area contributed by atoms with Gasteiger partial charge in [0.25, 0.3) is 0 Å². The molecule has 1 rings (SSSR count). The molecule has 1 aliphatic rings. The van der Waals surface area contributed by atoms with E-state index in [4.69, 9.17) is 5.11 Å². The monoisotopic (exact) mass is 328 g/mol. The summed E-state index contributed by atoms with van der Waals surface area (Å²) in [6.45, 7) is 1.83. The maximum absolute atomic E-state index is 12.5. The molecule has 0 bridgehead atoms. The number of hydrogen-bond donors (Lipinski definition) is 1. The first kappa shape index (κ1) is 17.9. The Kier molecular flexibility index (Phi) is 6.18. The molecule has 2 amide bonds. The second-order valence-corrected chi connectivity index (χ2v) is 5.96. The molecule has 1 saturated heterocycles. The molecule has 0 aromatic heterocycles. The molecule has 9 heteroatoms. The van der Waals surface area contributed by atoms with Gasteiger partial charge in [0, 0.05) is 12.3 Å². The normalized spacial score (nSPS) is 22.4. The number of nitrogens with zero attached hydrogens (tertiary/aromatic N) is 2. The van der Waals surface area contributed by atoms with Crippen LogP contribution in [0.4, 0.5) is 18.0 Å². The summed E-state index contributed by atoms with van der Waals surface area (Å²) in [5, 5.41) is 8.77. The van der Waals surface area contributed by atoms with Crippen molar-refractivity contribution in [2.45, 2.75) is 44.3 Å². The molecule has 5 nitrogen and oxygen atoms in total. The summed E-state index contributed by atoms with van der Waals surface area (Å²) in [4.78, 5) is 25.3. The molecule has 0 aromatic rings. The molecule has 1 heterocycles. The van der Waals surface area contributed by atoms with Crippen molar-refractivity contribution in [1.82, 2.24) is 9.80 Å². The van der Waals surface area contributed by atoms with Gasteiger partial charge in [-0.1, -0.05) is 13.3 Å². The van der Waals surface area contributed by atoms with Crippen molar-refractivity contribution in [3.63, 3.8) is 0 Å². The van der Waals surface area contributed by atoms with Crippen LogP contribution in [-0.2, 0) is 4.79 Å². The number of amides is 2. The van der Waals surface area contributed by atoms with E-state index in [0.717, 1.165) is 11.3 Å². The standard InChI is InChI=1S/C12H19F3N2O3S/c1-3-5-9-17(8(6-21-9)10(18)19)11(20)16(4-2)7-12(13,14)15/h8-9H,3-7H2,1-2H3,(H,18,19). The number of halogens is 3. The molecule has 2 unspecified atom stereocenters. The molecule has 0 saturated carbocycles. The second-order valence-electron chi connectivity index (χ2n) is 4.75. The van der Waals surface area contributed by atoms with Crippen molar-refractivity contribution in [3.8, 4) is 0 Å². The van der Waals surface area contributed by atoms with Crippen molar-refractivity contribution in [1.29, 1.82) is 0 Å². The number of carboxylic acids is 1. The number of rotatable bonds is 5. The highest BCUT2D eigenvalue weighted by atomic mass is 32.2. The molecule has 0 aliphatic carbocycles. The van der Waals surface area contributed by atoms with Gasteiger partial charge in [0.15, 0.2) is 0 Å². The van der Waals surface area contributed by atoms with Crippen molar-refractivity contribution < 1.29 is 27.9 Å². The Morgan fingerprint density at radius 1 is 1.38 bits per heavy atom. The zero-order chi connectivity index (χ0) is 16.2. The van der Waals surface area contributed by atoms with Crippen LogP contribution in [0.5, 0.6) is 0 Å². The maximum Gasteiger partial charge on any atom is 0.406 e. The van der Waals surface area contributed by atoms with Crippen LogP contribution in [0, 0.1) is 0 Å². The van der Waals surface area contributed by atoms with Crippen LogP contribution in [0.25, 0.3) is 0 Å². The molecule has 2 atom stereocenters. The van der Waals surface area contributed by atoms with Gasteiger partial charge in [-0.3, -0.25) is 4.90 Å². The molecule has 0 aromatic carbocycles. The third-order valence-corrected chi connectivity index (χ3v) is 4.51. The Hall–Kier alpha value is -1.12. The van der Waals surface area contributed by atoms with Crippen molar-refractivity contribution >= 4 is 23.8 Å². The molecule has 1 fully saturated rings. The molecule has 1 N–H and O–H groups in total. The van der Waals surface area contributed by atoms with Gasteiger partial charge in [-0.2, -0.15) is 13.2 Å². The van der Waals surface area contributed by atoms with Gasteiger partial charge in [-0.15, -0.1) is 11.8 Å². The van der Waals surface area contributed by atoms with Crippen LogP contribution < -0.4 is 0 Å². The van der Waals surface area contributed by atoms with Gasteiger partial charge >= 0.3 is 18.2 Å². The molecular formula is C12H19F3N2O3S. The van der Waals surface area contributed by atoms with E-state index in [2.05, 4.69) is 0 Å². The predicted octanol–water partition coefficient (Wildman–Crippen LogP) is 2.62. The van der Waals surface area contributed by atoms with Crippen LogP contribution in [0.15, 0.2) is 0 Å². The van der Waals surface area contributed by atoms with Gasteiger partial charge in [0.2, 0.25) is 0 Å². The maximum atomic E-state index is 12.5. The number of urea groups is 1. The zero-order valence-electron chi connectivity index (χ0n) is 11.9. The van der Waals surface area contributed by atoms with E-state index >= 15 is 0 Å². The Morgan fingerprint density at radius 2 is 2.00 bits per heavy atom. The van der Waals surface area contributed by atoms with E-state index in [1.54, 1.807) is 0 Å². The van der Waals surface area contributed by atoms with Crippen molar-refractivity contribution in [2.24, 2.45) is 0 Å². The molecule has 0 radical (unpaired) electrons. The Balaban J connectivity index is 2.93. The number of aliphatic carboxylic acids is 1. The minimum absolute atomic E-state index is 0.120. The highest BCUT2D eigenvalue weighted by Crippen LogP contribution is 2.33. The first-order chi connectivity index (χ1) is 9.71. The van der Waals surface area contributed by atoms with E-state index in [-0.39, 0.29) is 17.7 Å². The summed E-state index contributed by atoms with van der Waals surface area (Å²) in [6, 6.07) is -1.92. The lowest BCUT2D eigenvalue weighted by atomic mass is 10.2. The third-order valence-electron chi connectivity index (χ3n) is 3.16. The number of carboxylic acid groups (broad SMARTS) is 1. The summed E-state index contributed by atoms with van der Waals surface area (Å²) < 4.78 is 37.5. The second kappa shape index (κ2) is 7.24. The van der Waals surface area contributed by atoms with E-state index < -0.39 is 30.8 Å². The van der Waals surface area contributed by atoms with Gasteiger partial charge in [-0.05, 0) is 13.3 Å². The van der Waals surface area contributed by atoms with Crippen LogP contribution in [-0.4, -0.2) is 63.3 Å². The van der Waals surface area contributed by atoms with Crippen LogP contribution in [0.3, 0.4) is 0 Å². The lowest BCUT2D eigenvalue weighted by Gasteiger charge is -2.33. The van der Waals surface area contributed by atoms with E-state index in [1.807, 2.05) is 6.92 Å². The fourth-order valence-electron chi connectivity index (χ4n) is 2.17. The predicted molar refractivity (Wildman–Crippen MR) is 73.1 cm³/mol. The Labute approximate surface area is 125 Å². The molecule has 0 spiro atoms. The summed E-state index contributed by atoms with van der Waals surface area (Å²) in [5.41, 5.74) is 0. The van der Waals surface area contributed by atoms with E-state index in [0.29, 0.717) is 11.3 Å². The van der Waals surface area contributed by atoms with Gasteiger partial charge in [0.1, 0.15) is 12.6 Å². The van der Waals surface area contributed by atoms with E-state index in [1.165, 1.54) is 18.7 Å². The largest absolute Gasteiger partial charge is 0.480 e. The Bertz CT molecular complexity index is 392. The first-order valence-corrected chi connectivity index (χ1v) is 7.74. The smallest absolute Gasteiger partial charge is 0.406 e. The number of hydrogen-bond acceptors (Lipinski definition) is 3. The van der Waals surface area contributed by atoms with Crippen molar-refractivity contribution in [3.05, 3.63) is 0 Å². The molecule has 1 aliphatic heterocycles. The SMILES string of the molecule is CCCC1SCC(C(=O)O)N1C(=O)N(CC)CC(F)(F)F. The zero-order valence-corrected chi connectivity index (χ0v) is 12.7. The third kappa shape index (κ3) is 4.69. The fraction of sp³-hybridized carbons (Fsp3) is 0.833. The average molecular weight is 328 g/mol. The minimum Gasteiger partial charge on any atom is -0.480 e. The fourth-order valence-corrected chi connectivity index (χ4v) is 3.68. The van der Waals surface area contributed by atoms with Crippen LogP contribution in [0.1, 0.15) is 26.7 Å². The first-order valence-electron chi connectivity index (χ1n) is 6.69. The number of alkyl halides is 3. The van der Waals surface area contributed by atoms with Crippen molar-refractivity contribution in [2.75, 3.05) is 18.8 Å². The highest BCUT2D eigenvalue weighted by molar-refractivity contribution is 8.00. The van der Waals surface area contributed by atoms with E-state index in [9.17, 15) is 22.8 Å². The molecular weight excluding hydrogens is 309 g/mol. The number of carbonyl (C=O) groups is 2. The van der Waals surface area contributed by atoms with Crippen LogP contribution >= 0.6 is 11.8 Å². The summed E-state index contributed by atoms with van der Waals surface area (Å²) in [7, 11) is 0. The average Bonchev–Trinajstić information content (AvgIpc) is 2.78. The lowest BCUT2D eigenvalue weighted by molar-refractivity contribution is -0.144. The molecule has 122 valence electrons. The summed E-state index contributed by atoms with van der Waals surface area (Å²) >= 11 is 1.30.